The van der Waals surface area contributed by atoms with Crippen molar-refractivity contribution in [1.29, 1.82) is 0 Å². The van der Waals surface area contributed by atoms with Gasteiger partial charge in [0.1, 0.15) is 0 Å². The molecule has 0 aliphatic carbocycles. The molecule has 0 unspecified atom stereocenters. The molecule has 0 atom stereocenters. The Morgan fingerprint density at radius 1 is 1.80 bits per heavy atom. The second kappa shape index (κ2) is 4.83. The van der Waals surface area contributed by atoms with E-state index in [4.69, 9.17) is 10.0 Å². The zero-order valence-electron chi connectivity index (χ0n) is 3.29. The maximum absolute atomic E-state index is 5.43. The van der Waals surface area contributed by atoms with Crippen LogP contribution in [0.15, 0.2) is 0 Å². The van der Waals surface area contributed by atoms with Crippen molar-refractivity contribution in [2.45, 2.75) is 18.6 Å². The molecule has 30 valence electrons. The van der Waals surface area contributed by atoms with Crippen LogP contribution in [0.2, 0.25) is 5.25 Å². The molecule has 0 bridgehead atoms. The van der Waals surface area contributed by atoms with E-state index < -0.39 is 0 Å². The fraction of sp³-hybridized carbons (Fsp3) is 1.00. The molecule has 5 heavy (non-hydrogen) atoms. The molecule has 2 heteroatoms. The molecular weight excluding hydrogens is 144 g/mol. The van der Waals surface area contributed by atoms with Crippen molar-refractivity contribution >= 4 is 24.5 Å². The fourth-order valence-electron chi connectivity index (χ4n) is 0.0945. The first kappa shape index (κ1) is 5.83. The Morgan fingerprint density at radius 3 is 2.40 bits per heavy atom. The molecule has 0 N–H and O–H groups in total. The van der Waals surface area contributed by atoms with Crippen LogP contribution in [0.1, 0.15) is 13.3 Å². The van der Waals surface area contributed by atoms with Crippen molar-refractivity contribution in [3.8, 4) is 0 Å². The Balaban J connectivity index is 2.19. The molecule has 0 heterocycles. The Morgan fingerprint density at radius 2 is 2.40 bits per heavy atom. The molecule has 0 aromatic rings. The third-order valence-electron chi connectivity index (χ3n) is 0.344. The standard InChI is InChI=1S/C3H7ClGe/c1-2-3-5-4/h2-3H2,1H3. The van der Waals surface area contributed by atoms with Crippen LogP contribution in [0.25, 0.3) is 0 Å². The summed E-state index contributed by atoms with van der Waals surface area (Å²) in [5.41, 5.74) is 0. The Labute approximate surface area is 43.6 Å². The number of halogens is 1. The maximum atomic E-state index is 5.43. The molecule has 0 nitrogen and oxygen atoms in total. The van der Waals surface area contributed by atoms with Crippen LogP contribution in [-0.2, 0) is 0 Å². The first-order valence-corrected chi connectivity index (χ1v) is 5.99. The van der Waals surface area contributed by atoms with E-state index in [-0.39, 0.29) is 14.5 Å². The first-order chi connectivity index (χ1) is 2.41. The van der Waals surface area contributed by atoms with Gasteiger partial charge in [-0.2, -0.15) is 0 Å². The van der Waals surface area contributed by atoms with Gasteiger partial charge in [0.15, 0.2) is 0 Å². The summed E-state index contributed by atoms with van der Waals surface area (Å²) >= 11 is -0.0208. The van der Waals surface area contributed by atoms with Gasteiger partial charge in [-0.3, -0.25) is 0 Å². The van der Waals surface area contributed by atoms with E-state index in [1.54, 1.807) is 0 Å². The van der Waals surface area contributed by atoms with Crippen LogP contribution in [-0.4, -0.2) is 14.5 Å². The predicted molar refractivity (Wildman–Crippen MR) is 26.7 cm³/mol. The molecule has 0 saturated heterocycles. The van der Waals surface area contributed by atoms with E-state index in [2.05, 4.69) is 6.92 Å². The first-order valence-electron chi connectivity index (χ1n) is 1.75. The number of hydrogen-bond acceptors (Lipinski definition) is 0. The molecule has 0 spiro atoms. The zero-order valence-corrected chi connectivity index (χ0v) is 6.15. The van der Waals surface area contributed by atoms with Crippen LogP contribution >= 0.6 is 10.0 Å². The van der Waals surface area contributed by atoms with E-state index >= 15 is 0 Å². The second-order valence-electron chi connectivity index (χ2n) is 0.884. The van der Waals surface area contributed by atoms with Crippen LogP contribution < -0.4 is 0 Å². The summed E-state index contributed by atoms with van der Waals surface area (Å²) in [6, 6.07) is 0. The summed E-state index contributed by atoms with van der Waals surface area (Å²) in [7, 11) is 5.43. The van der Waals surface area contributed by atoms with Gasteiger partial charge in [-0.25, -0.2) is 0 Å². The van der Waals surface area contributed by atoms with Crippen molar-refractivity contribution in [1.82, 2.24) is 0 Å². The van der Waals surface area contributed by atoms with Crippen molar-refractivity contribution in [2.24, 2.45) is 0 Å². The van der Waals surface area contributed by atoms with Crippen LogP contribution in [0.4, 0.5) is 0 Å². The van der Waals surface area contributed by atoms with E-state index in [1.165, 1.54) is 11.7 Å². The van der Waals surface area contributed by atoms with Gasteiger partial charge in [-0.05, 0) is 0 Å². The Kier molecular flexibility index (Phi) is 5.64. The van der Waals surface area contributed by atoms with E-state index in [9.17, 15) is 0 Å². The van der Waals surface area contributed by atoms with Gasteiger partial charge in [0.25, 0.3) is 0 Å². The third-order valence-corrected chi connectivity index (χ3v) is 2.77. The normalized spacial score (nSPS) is 8.40. The summed E-state index contributed by atoms with van der Waals surface area (Å²) in [5, 5.41) is 1.28. The van der Waals surface area contributed by atoms with Crippen molar-refractivity contribution < 1.29 is 0 Å². The van der Waals surface area contributed by atoms with E-state index in [1.807, 2.05) is 0 Å². The van der Waals surface area contributed by atoms with Gasteiger partial charge in [-0.15, -0.1) is 0 Å². The molecule has 0 aliphatic rings. The van der Waals surface area contributed by atoms with Gasteiger partial charge >= 0.3 is 43.1 Å². The molecule has 0 fully saturated rings. The van der Waals surface area contributed by atoms with E-state index in [0.717, 1.165) is 0 Å². The third kappa shape index (κ3) is 4.83. The van der Waals surface area contributed by atoms with E-state index in [0.29, 0.717) is 0 Å². The molecule has 0 rings (SSSR count). The predicted octanol–water partition coefficient (Wildman–Crippen LogP) is 1.67. The molecule has 2 radical (unpaired) electrons. The van der Waals surface area contributed by atoms with Gasteiger partial charge in [0, 0.05) is 0 Å². The molecule has 0 amide bonds. The van der Waals surface area contributed by atoms with Gasteiger partial charge < -0.3 is 0 Å². The van der Waals surface area contributed by atoms with Crippen LogP contribution in [0.3, 0.4) is 0 Å². The Hall–Kier alpha value is 0.833. The number of hydrogen-bond donors (Lipinski definition) is 0. The summed E-state index contributed by atoms with van der Waals surface area (Å²) in [6.45, 7) is 2.16. The summed E-state index contributed by atoms with van der Waals surface area (Å²) in [5.74, 6) is 0. The van der Waals surface area contributed by atoms with Crippen LogP contribution in [0, 0.1) is 0 Å². The number of rotatable bonds is 2. The molecular formula is C3H7ClGe. The SMILES string of the molecule is CC[CH2][Ge][Cl]. The molecule has 0 saturated carbocycles. The summed E-state index contributed by atoms with van der Waals surface area (Å²) in [4.78, 5) is 0. The minimum absolute atomic E-state index is 0.0208. The van der Waals surface area contributed by atoms with Gasteiger partial charge in [0.2, 0.25) is 0 Å². The van der Waals surface area contributed by atoms with Crippen molar-refractivity contribution in [3.63, 3.8) is 0 Å². The average Bonchev–Trinajstić information content (AvgIpc) is 1.41. The molecule has 0 aliphatic heterocycles. The minimum atomic E-state index is -0.0208. The van der Waals surface area contributed by atoms with Crippen molar-refractivity contribution in [2.75, 3.05) is 0 Å². The van der Waals surface area contributed by atoms with Gasteiger partial charge in [-0.1, -0.05) is 0 Å². The quantitative estimate of drug-likeness (QED) is 0.526. The average molecular weight is 151 g/mol. The van der Waals surface area contributed by atoms with Crippen LogP contribution in [0.5, 0.6) is 0 Å². The topological polar surface area (TPSA) is 0 Å². The monoisotopic (exact) mass is 152 g/mol. The molecule has 0 aromatic carbocycles. The molecule has 0 aromatic heterocycles. The summed E-state index contributed by atoms with van der Waals surface area (Å²) < 4.78 is 0. The zero-order chi connectivity index (χ0) is 4.12. The second-order valence-corrected chi connectivity index (χ2v) is 3.88. The fourth-order valence-corrected chi connectivity index (χ4v) is 1.47. The van der Waals surface area contributed by atoms with Gasteiger partial charge in [0.05, 0.1) is 0 Å². The Bertz CT molecular complexity index is 14.4. The van der Waals surface area contributed by atoms with Crippen molar-refractivity contribution in [3.05, 3.63) is 0 Å². The summed E-state index contributed by atoms with van der Waals surface area (Å²) in [6.07, 6.45) is 1.27.